The number of benzene rings is 1. The van der Waals surface area contributed by atoms with Crippen LogP contribution in [0.5, 0.6) is 0 Å². The normalized spacial score (nSPS) is 17.6. The molecule has 0 saturated carbocycles. The average molecular weight is 470 g/mol. The molecule has 1 aromatic carbocycles. The highest BCUT2D eigenvalue weighted by Gasteiger charge is 2.24. The van der Waals surface area contributed by atoms with Crippen LogP contribution in [0.3, 0.4) is 0 Å². The molecule has 2 N–H and O–H groups in total. The maximum atomic E-state index is 5.30. The van der Waals surface area contributed by atoms with E-state index >= 15 is 0 Å². The number of H-pyrrole nitrogens is 1. The number of hydrogen-bond acceptors (Lipinski definition) is 2. The third-order valence-corrected chi connectivity index (χ3v) is 4.97. The van der Waals surface area contributed by atoms with Crippen LogP contribution in [0.25, 0.3) is 10.9 Å². The average Bonchev–Trinajstić information content (AvgIpc) is 3.23. The molecule has 0 aliphatic carbocycles. The van der Waals surface area contributed by atoms with E-state index < -0.39 is 0 Å². The van der Waals surface area contributed by atoms with E-state index in [2.05, 4.69) is 53.4 Å². The first-order valence-corrected chi connectivity index (χ1v) is 9.30. The van der Waals surface area contributed by atoms with Crippen molar-refractivity contribution in [2.75, 3.05) is 39.9 Å². The Kier molecular flexibility index (Phi) is 8.21. The van der Waals surface area contributed by atoms with Gasteiger partial charge in [0.1, 0.15) is 0 Å². The van der Waals surface area contributed by atoms with Crippen molar-refractivity contribution in [2.45, 2.75) is 26.7 Å². The molecule has 1 aromatic heterocycles. The van der Waals surface area contributed by atoms with Crippen molar-refractivity contribution in [3.8, 4) is 0 Å². The van der Waals surface area contributed by atoms with Gasteiger partial charge in [0, 0.05) is 56.3 Å². The molecule has 5 nitrogen and oxygen atoms in total. The lowest BCUT2D eigenvalue weighted by atomic mass is 10.1. The number of aromatic nitrogens is 1. The minimum absolute atomic E-state index is 0. The number of aromatic amines is 1. The lowest BCUT2D eigenvalue weighted by molar-refractivity contribution is 0.157. The molecule has 144 valence electrons. The molecule has 3 rings (SSSR count). The zero-order valence-electron chi connectivity index (χ0n) is 16.0. The summed E-state index contributed by atoms with van der Waals surface area (Å²) in [6, 6.07) is 6.47. The van der Waals surface area contributed by atoms with Crippen molar-refractivity contribution in [1.82, 2.24) is 15.2 Å². The third kappa shape index (κ3) is 4.91. The van der Waals surface area contributed by atoms with E-state index in [0.717, 1.165) is 45.2 Å². The molecular formula is C20H31IN4O. The Morgan fingerprint density at radius 2 is 2.27 bits per heavy atom. The highest BCUT2D eigenvalue weighted by atomic mass is 127. The van der Waals surface area contributed by atoms with Gasteiger partial charge in [0.25, 0.3) is 0 Å². The van der Waals surface area contributed by atoms with Crippen molar-refractivity contribution in [2.24, 2.45) is 10.9 Å². The molecule has 1 unspecified atom stereocenters. The molecule has 0 amide bonds. The van der Waals surface area contributed by atoms with E-state index in [1.165, 1.54) is 28.5 Å². The summed E-state index contributed by atoms with van der Waals surface area (Å²) < 4.78 is 5.30. The van der Waals surface area contributed by atoms with Crippen LogP contribution in [-0.4, -0.2) is 55.7 Å². The molecule has 0 bridgehead atoms. The van der Waals surface area contributed by atoms with Gasteiger partial charge in [-0.25, -0.2) is 0 Å². The zero-order valence-corrected chi connectivity index (χ0v) is 18.4. The van der Waals surface area contributed by atoms with Gasteiger partial charge in [-0.2, -0.15) is 0 Å². The maximum absolute atomic E-state index is 5.30. The van der Waals surface area contributed by atoms with Crippen molar-refractivity contribution in [1.29, 1.82) is 0 Å². The number of guanidine groups is 1. The summed E-state index contributed by atoms with van der Waals surface area (Å²) in [7, 11) is 1.78. The van der Waals surface area contributed by atoms with Crippen molar-refractivity contribution in [3.05, 3.63) is 35.5 Å². The second-order valence-electron chi connectivity index (χ2n) is 6.85. The molecule has 6 heteroatoms. The third-order valence-electron chi connectivity index (χ3n) is 4.97. The van der Waals surface area contributed by atoms with Gasteiger partial charge in [0.05, 0.1) is 6.61 Å². The van der Waals surface area contributed by atoms with Crippen LogP contribution < -0.4 is 5.32 Å². The van der Waals surface area contributed by atoms with Crippen molar-refractivity contribution in [3.63, 3.8) is 0 Å². The predicted molar refractivity (Wildman–Crippen MR) is 120 cm³/mol. The van der Waals surface area contributed by atoms with Crippen molar-refractivity contribution < 1.29 is 4.74 Å². The monoisotopic (exact) mass is 470 g/mol. The van der Waals surface area contributed by atoms with Gasteiger partial charge in [-0.05, 0) is 37.8 Å². The number of halogens is 1. The Hall–Kier alpha value is -1.28. The highest BCUT2D eigenvalue weighted by Crippen LogP contribution is 2.21. The minimum atomic E-state index is 0. The fraction of sp³-hybridized carbons (Fsp3) is 0.550. The Balaban J connectivity index is 0.00000243. The molecule has 2 aromatic rings. The molecule has 0 radical (unpaired) electrons. The largest absolute Gasteiger partial charge is 0.384 e. The molecule has 2 heterocycles. The van der Waals surface area contributed by atoms with Crippen LogP contribution in [0.15, 0.2) is 29.4 Å². The van der Waals surface area contributed by atoms with Crippen LogP contribution in [0, 0.1) is 12.8 Å². The lowest BCUT2D eigenvalue weighted by Gasteiger charge is -2.21. The Bertz CT molecular complexity index is 728. The smallest absolute Gasteiger partial charge is 0.193 e. The SMILES string of the molecule is CCNC(=NCCc1c[nH]c2c(C)cccc12)N1CCC(COC)C1.I. The standard InChI is InChI=1S/C20H30N4O.HI/c1-4-21-20(24-11-9-16(13-24)14-25-3)22-10-8-17-12-23-19-15(2)6-5-7-18(17)19;/h5-7,12,16,23H,4,8-11,13-14H2,1-3H3,(H,21,22);1H. The van der Waals surface area contributed by atoms with Crippen LogP contribution in [-0.2, 0) is 11.2 Å². The minimum Gasteiger partial charge on any atom is -0.384 e. The molecule has 1 saturated heterocycles. The number of ether oxygens (including phenoxy) is 1. The predicted octanol–water partition coefficient (Wildman–Crippen LogP) is 3.57. The molecule has 1 aliphatic heterocycles. The van der Waals surface area contributed by atoms with Gasteiger partial charge >= 0.3 is 0 Å². The van der Waals surface area contributed by atoms with Gasteiger partial charge in [-0.1, -0.05) is 18.2 Å². The van der Waals surface area contributed by atoms with Crippen LogP contribution >= 0.6 is 24.0 Å². The van der Waals surface area contributed by atoms with Crippen LogP contribution in [0.1, 0.15) is 24.5 Å². The number of para-hydroxylation sites is 1. The first-order valence-electron chi connectivity index (χ1n) is 9.30. The number of fused-ring (bicyclic) bond motifs is 1. The number of aliphatic imine (C=N–C) groups is 1. The summed E-state index contributed by atoms with van der Waals surface area (Å²) in [5, 5.41) is 4.76. The first kappa shape index (κ1) is 21.0. The lowest BCUT2D eigenvalue weighted by Crippen LogP contribution is -2.40. The van der Waals surface area contributed by atoms with Gasteiger partial charge < -0.3 is 19.9 Å². The number of hydrogen-bond donors (Lipinski definition) is 2. The van der Waals surface area contributed by atoms with E-state index in [9.17, 15) is 0 Å². The van der Waals surface area contributed by atoms with Gasteiger partial charge in [-0.3, -0.25) is 4.99 Å². The highest BCUT2D eigenvalue weighted by molar-refractivity contribution is 14.0. The summed E-state index contributed by atoms with van der Waals surface area (Å²) >= 11 is 0. The number of nitrogens with zero attached hydrogens (tertiary/aromatic N) is 2. The van der Waals surface area contributed by atoms with E-state index in [1.807, 2.05) is 0 Å². The quantitative estimate of drug-likeness (QED) is 0.386. The van der Waals surface area contributed by atoms with Crippen LogP contribution in [0.2, 0.25) is 0 Å². The summed E-state index contributed by atoms with van der Waals surface area (Å²) in [5.74, 6) is 1.66. The number of nitrogens with one attached hydrogen (secondary N) is 2. The molecular weight excluding hydrogens is 439 g/mol. The number of rotatable bonds is 6. The van der Waals surface area contributed by atoms with Crippen LogP contribution in [0.4, 0.5) is 0 Å². The number of likely N-dealkylation sites (tertiary alicyclic amines) is 1. The molecule has 26 heavy (non-hydrogen) atoms. The van der Waals surface area contributed by atoms with E-state index in [0.29, 0.717) is 5.92 Å². The van der Waals surface area contributed by atoms with Gasteiger partial charge in [0.2, 0.25) is 0 Å². The molecule has 1 atom stereocenters. The Labute approximate surface area is 173 Å². The summed E-state index contributed by atoms with van der Waals surface area (Å²) in [5.41, 5.74) is 3.88. The first-order chi connectivity index (χ1) is 12.2. The molecule has 0 spiro atoms. The Morgan fingerprint density at radius 1 is 1.42 bits per heavy atom. The van der Waals surface area contributed by atoms with Gasteiger partial charge in [-0.15, -0.1) is 24.0 Å². The fourth-order valence-electron chi connectivity index (χ4n) is 3.68. The summed E-state index contributed by atoms with van der Waals surface area (Å²) in [4.78, 5) is 10.6. The second-order valence-corrected chi connectivity index (χ2v) is 6.85. The Morgan fingerprint density at radius 3 is 3.04 bits per heavy atom. The maximum Gasteiger partial charge on any atom is 0.193 e. The second kappa shape index (κ2) is 10.2. The summed E-state index contributed by atoms with van der Waals surface area (Å²) in [6.07, 6.45) is 4.26. The van der Waals surface area contributed by atoms with Crippen molar-refractivity contribution >= 4 is 40.8 Å². The van der Waals surface area contributed by atoms with E-state index in [1.54, 1.807) is 7.11 Å². The summed E-state index contributed by atoms with van der Waals surface area (Å²) in [6.45, 7) is 8.91. The fourth-order valence-corrected chi connectivity index (χ4v) is 3.68. The van der Waals surface area contributed by atoms with E-state index in [4.69, 9.17) is 9.73 Å². The molecule has 1 aliphatic rings. The zero-order chi connectivity index (χ0) is 17.6. The molecule has 1 fully saturated rings. The van der Waals surface area contributed by atoms with E-state index in [-0.39, 0.29) is 24.0 Å². The number of aryl methyl sites for hydroxylation is 1. The van der Waals surface area contributed by atoms with Gasteiger partial charge in [0.15, 0.2) is 5.96 Å². The topological polar surface area (TPSA) is 52.7 Å². The number of methoxy groups -OCH3 is 1.